The van der Waals surface area contributed by atoms with Gasteiger partial charge in [0.15, 0.2) is 23.1 Å². The zero-order chi connectivity index (χ0) is 29.1. The molecule has 1 aromatic heterocycles. The van der Waals surface area contributed by atoms with Gasteiger partial charge in [-0.05, 0) is 34.9 Å². The fourth-order valence-corrected chi connectivity index (χ4v) is 6.75. The fraction of sp³-hybridized carbons (Fsp3) is 0.0250. The Hall–Kier alpha value is -5.87. The highest BCUT2D eigenvalue weighted by Crippen LogP contribution is 2.58. The molecule has 0 saturated carbocycles. The van der Waals surface area contributed by atoms with Crippen LogP contribution < -0.4 is 4.74 Å². The van der Waals surface area contributed by atoms with Crippen LogP contribution in [0.5, 0.6) is 5.75 Å². The first-order valence-electron chi connectivity index (χ1n) is 14.8. The van der Waals surface area contributed by atoms with Crippen molar-refractivity contribution in [1.82, 2.24) is 15.0 Å². The van der Waals surface area contributed by atoms with Gasteiger partial charge in [-0.15, -0.1) is 0 Å². The average molecular weight is 564 g/mol. The van der Waals surface area contributed by atoms with E-state index in [4.69, 9.17) is 19.7 Å². The van der Waals surface area contributed by atoms with Crippen molar-refractivity contribution in [1.29, 1.82) is 0 Å². The summed E-state index contributed by atoms with van der Waals surface area (Å²) in [5.74, 6) is 2.73. The standard InChI is InChI=1S/C40H25N3O/c1-3-13-26(14-4-1)37-41-38(27-15-5-2-6-16-27)43-39(42-37)28-23-24-36-32(25-28)31-19-9-12-22-35(31)40(44-36)33-20-10-7-17-29(33)30-18-8-11-21-34(30)40/h1-25H. The van der Waals surface area contributed by atoms with Crippen LogP contribution in [0.2, 0.25) is 0 Å². The van der Waals surface area contributed by atoms with Crippen molar-refractivity contribution >= 4 is 0 Å². The molecule has 0 fully saturated rings. The summed E-state index contributed by atoms with van der Waals surface area (Å²) in [5, 5.41) is 0. The van der Waals surface area contributed by atoms with E-state index in [0.29, 0.717) is 17.5 Å². The van der Waals surface area contributed by atoms with Crippen LogP contribution in [0.3, 0.4) is 0 Å². The van der Waals surface area contributed by atoms with E-state index in [9.17, 15) is 0 Å². The zero-order valence-corrected chi connectivity index (χ0v) is 23.7. The second-order valence-electron chi connectivity index (χ2n) is 11.2. The first-order valence-corrected chi connectivity index (χ1v) is 14.8. The van der Waals surface area contributed by atoms with Crippen molar-refractivity contribution in [3.63, 3.8) is 0 Å². The molecule has 206 valence electrons. The van der Waals surface area contributed by atoms with Crippen LogP contribution in [0, 0.1) is 0 Å². The lowest BCUT2D eigenvalue weighted by Gasteiger charge is -2.39. The van der Waals surface area contributed by atoms with Gasteiger partial charge in [-0.1, -0.05) is 133 Å². The molecule has 2 heterocycles. The fourth-order valence-electron chi connectivity index (χ4n) is 6.75. The number of hydrogen-bond donors (Lipinski definition) is 0. The quantitative estimate of drug-likeness (QED) is 0.215. The summed E-state index contributed by atoms with van der Waals surface area (Å²) in [6.07, 6.45) is 0. The molecular weight excluding hydrogens is 538 g/mol. The predicted octanol–water partition coefficient (Wildman–Crippen LogP) is 9.20. The van der Waals surface area contributed by atoms with E-state index < -0.39 is 5.60 Å². The molecule has 0 radical (unpaired) electrons. The van der Waals surface area contributed by atoms with Crippen LogP contribution in [0.1, 0.15) is 16.7 Å². The smallest absolute Gasteiger partial charge is 0.186 e. The topological polar surface area (TPSA) is 47.9 Å². The van der Waals surface area contributed by atoms with Gasteiger partial charge in [-0.3, -0.25) is 0 Å². The Morgan fingerprint density at radius 2 is 0.773 bits per heavy atom. The number of hydrogen-bond acceptors (Lipinski definition) is 4. The third-order valence-electron chi connectivity index (χ3n) is 8.70. The van der Waals surface area contributed by atoms with E-state index in [1.54, 1.807) is 0 Å². The van der Waals surface area contributed by atoms with Crippen molar-refractivity contribution in [2.24, 2.45) is 0 Å². The van der Waals surface area contributed by atoms with Gasteiger partial charge in [0, 0.05) is 38.9 Å². The van der Waals surface area contributed by atoms with Gasteiger partial charge < -0.3 is 4.74 Å². The second-order valence-corrected chi connectivity index (χ2v) is 11.2. The van der Waals surface area contributed by atoms with E-state index in [-0.39, 0.29) is 0 Å². The highest BCUT2D eigenvalue weighted by molar-refractivity contribution is 5.89. The number of fused-ring (bicyclic) bond motifs is 9. The molecule has 9 rings (SSSR count). The van der Waals surface area contributed by atoms with Gasteiger partial charge in [0.1, 0.15) is 5.75 Å². The molecule has 0 atom stereocenters. The Balaban J connectivity index is 1.24. The summed E-state index contributed by atoms with van der Waals surface area (Å²) < 4.78 is 7.18. The molecule has 1 spiro atoms. The summed E-state index contributed by atoms with van der Waals surface area (Å²) in [5.41, 5.74) is 10.1. The summed E-state index contributed by atoms with van der Waals surface area (Å²) in [7, 11) is 0. The van der Waals surface area contributed by atoms with Gasteiger partial charge in [0.2, 0.25) is 0 Å². The minimum atomic E-state index is -0.730. The molecule has 1 aliphatic carbocycles. The van der Waals surface area contributed by atoms with Gasteiger partial charge in [0.05, 0.1) is 0 Å². The molecule has 1 aliphatic heterocycles. The normalized spacial score (nSPS) is 13.4. The highest BCUT2D eigenvalue weighted by Gasteiger charge is 2.50. The van der Waals surface area contributed by atoms with E-state index in [1.165, 1.54) is 22.3 Å². The van der Waals surface area contributed by atoms with Crippen molar-refractivity contribution in [2.75, 3.05) is 0 Å². The molecule has 2 aliphatic rings. The lowest BCUT2D eigenvalue weighted by Crippen LogP contribution is -2.36. The third kappa shape index (κ3) is 3.61. The Morgan fingerprint density at radius 1 is 0.364 bits per heavy atom. The highest BCUT2D eigenvalue weighted by atomic mass is 16.5. The van der Waals surface area contributed by atoms with E-state index in [1.807, 2.05) is 60.7 Å². The van der Waals surface area contributed by atoms with Gasteiger partial charge in [-0.25, -0.2) is 15.0 Å². The van der Waals surface area contributed by atoms with Gasteiger partial charge in [0.25, 0.3) is 0 Å². The van der Waals surface area contributed by atoms with E-state index in [0.717, 1.165) is 39.1 Å². The maximum Gasteiger partial charge on any atom is 0.186 e. The molecule has 44 heavy (non-hydrogen) atoms. The maximum atomic E-state index is 7.18. The lowest BCUT2D eigenvalue weighted by molar-refractivity contribution is 0.157. The predicted molar refractivity (Wildman–Crippen MR) is 174 cm³/mol. The Labute approximate surface area is 255 Å². The van der Waals surface area contributed by atoms with Crippen LogP contribution in [-0.2, 0) is 5.60 Å². The van der Waals surface area contributed by atoms with Crippen molar-refractivity contribution in [3.8, 4) is 62.2 Å². The molecular formula is C40H25N3O. The third-order valence-corrected chi connectivity index (χ3v) is 8.70. The Morgan fingerprint density at radius 3 is 1.27 bits per heavy atom. The van der Waals surface area contributed by atoms with Crippen molar-refractivity contribution in [3.05, 3.63) is 168 Å². The summed E-state index contributed by atoms with van der Waals surface area (Å²) in [6, 6.07) is 52.2. The lowest BCUT2D eigenvalue weighted by atomic mass is 9.77. The van der Waals surface area contributed by atoms with Crippen LogP contribution in [0.4, 0.5) is 0 Å². The molecule has 4 heteroatoms. The van der Waals surface area contributed by atoms with Crippen LogP contribution in [0.25, 0.3) is 56.4 Å². The maximum absolute atomic E-state index is 7.18. The number of nitrogens with zero attached hydrogens (tertiary/aromatic N) is 3. The summed E-state index contributed by atoms with van der Waals surface area (Å²) in [6.45, 7) is 0. The monoisotopic (exact) mass is 563 g/mol. The largest absolute Gasteiger partial charge is 0.472 e. The van der Waals surface area contributed by atoms with E-state index in [2.05, 4.69) is 91.0 Å². The molecule has 4 nitrogen and oxygen atoms in total. The SMILES string of the molecule is c1ccc(-c2nc(-c3ccccc3)nc(-c3ccc4c(c3)-c3ccccc3C3(O4)c4ccccc4-c4ccccc43)n2)cc1. The Bertz CT molecular complexity index is 2110. The summed E-state index contributed by atoms with van der Waals surface area (Å²) in [4.78, 5) is 14.8. The number of benzene rings is 6. The minimum absolute atomic E-state index is 0.620. The van der Waals surface area contributed by atoms with Crippen LogP contribution >= 0.6 is 0 Å². The van der Waals surface area contributed by atoms with E-state index >= 15 is 0 Å². The molecule has 0 unspecified atom stereocenters. The van der Waals surface area contributed by atoms with Crippen LogP contribution in [-0.4, -0.2) is 15.0 Å². The molecule has 0 amide bonds. The molecule has 0 bridgehead atoms. The molecule has 6 aromatic carbocycles. The number of aromatic nitrogens is 3. The summed E-state index contributed by atoms with van der Waals surface area (Å²) >= 11 is 0. The van der Waals surface area contributed by atoms with Gasteiger partial charge >= 0.3 is 0 Å². The Kier molecular flexibility index (Phi) is 5.38. The molecule has 0 N–H and O–H groups in total. The minimum Gasteiger partial charge on any atom is -0.472 e. The van der Waals surface area contributed by atoms with Crippen molar-refractivity contribution < 1.29 is 4.74 Å². The zero-order valence-electron chi connectivity index (χ0n) is 23.7. The average Bonchev–Trinajstić information content (AvgIpc) is 3.39. The molecule has 0 saturated heterocycles. The first kappa shape index (κ1) is 24.7. The first-order chi connectivity index (χ1) is 21.8. The van der Waals surface area contributed by atoms with Crippen LogP contribution in [0.15, 0.2) is 152 Å². The van der Waals surface area contributed by atoms with Crippen molar-refractivity contribution in [2.45, 2.75) is 5.60 Å². The molecule has 7 aromatic rings. The number of rotatable bonds is 3. The van der Waals surface area contributed by atoms with Gasteiger partial charge in [-0.2, -0.15) is 0 Å². The second kappa shape index (κ2) is 9.58. The number of ether oxygens (including phenoxy) is 1.